The van der Waals surface area contributed by atoms with Gasteiger partial charge >= 0.3 is 0 Å². The molecule has 1 aromatic carbocycles. The lowest BCUT2D eigenvalue weighted by Gasteiger charge is -2.31. The number of amides is 1. The van der Waals surface area contributed by atoms with Crippen LogP contribution in [0.5, 0.6) is 0 Å². The number of benzene rings is 1. The van der Waals surface area contributed by atoms with Gasteiger partial charge in [-0.25, -0.2) is 0 Å². The Morgan fingerprint density at radius 3 is 2.71 bits per heavy atom. The molecule has 1 atom stereocenters. The van der Waals surface area contributed by atoms with Gasteiger partial charge in [-0.3, -0.25) is 4.79 Å². The molecular weight excluding hydrogens is 306 g/mol. The van der Waals surface area contributed by atoms with Gasteiger partial charge in [0.15, 0.2) is 0 Å². The lowest BCUT2D eigenvalue weighted by Crippen LogP contribution is -2.42. The maximum atomic E-state index is 12.5. The zero-order valence-electron chi connectivity index (χ0n) is 14.2. The number of carbonyl (C=O) groups excluding carboxylic acids is 1. The summed E-state index contributed by atoms with van der Waals surface area (Å²) in [5.41, 5.74) is 2.51. The van der Waals surface area contributed by atoms with Gasteiger partial charge in [-0.05, 0) is 24.0 Å². The normalized spacial score (nSPS) is 17.9. The third-order valence-electron chi connectivity index (χ3n) is 4.31. The molecule has 1 saturated heterocycles. The van der Waals surface area contributed by atoms with Crippen LogP contribution < -0.4 is 0 Å². The van der Waals surface area contributed by atoms with Crippen LogP contribution in [-0.4, -0.2) is 40.6 Å². The maximum absolute atomic E-state index is 12.5. The van der Waals surface area contributed by atoms with Crippen LogP contribution in [0, 0.1) is 6.92 Å². The summed E-state index contributed by atoms with van der Waals surface area (Å²) in [6.45, 7) is 5.47. The van der Waals surface area contributed by atoms with Crippen molar-refractivity contribution in [2.75, 3.05) is 19.7 Å². The molecular formula is C18H23N3O3. The molecule has 0 aliphatic carbocycles. The Morgan fingerprint density at radius 1 is 1.29 bits per heavy atom. The first-order valence-corrected chi connectivity index (χ1v) is 8.43. The van der Waals surface area contributed by atoms with E-state index in [9.17, 15) is 4.79 Å². The van der Waals surface area contributed by atoms with Crippen molar-refractivity contribution in [3.8, 4) is 0 Å². The summed E-state index contributed by atoms with van der Waals surface area (Å²) in [5, 5.41) is 3.89. The second-order valence-electron chi connectivity index (χ2n) is 6.04. The van der Waals surface area contributed by atoms with Gasteiger partial charge in [0.2, 0.25) is 17.6 Å². The van der Waals surface area contributed by atoms with Gasteiger partial charge in [0.05, 0.1) is 13.2 Å². The van der Waals surface area contributed by atoms with Crippen molar-refractivity contribution < 1.29 is 14.1 Å². The van der Waals surface area contributed by atoms with E-state index >= 15 is 0 Å². The highest BCUT2D eigenvalue weighted by molar-refractivity contribution is 5.76. The molecule has 6 nitrogen and oxygen atoms in total. The number of rotatable bonds is 5. The topological polar surface area (TPSA) is 68.5 Å². The molecule has 0 N–H and O–H groups in total. The Kier molecular flexibility index (Phi) is 5.25. The molecule has 2 heterocycles. The largest absolute Gasteiger partial charge is 0.366 e. The van der Waals surface area contributed by atoms with Crippen LogP contribution in [0.2, 0.25) is 0 Å². The number of ether oxygens (including phenoxy) is 1. The molecule has 1 amide bonds. The van der Waals surface area contributed by atoms with Crippen LogP contribution in [0.4, 0.5) is 0 Å². The molecule has 2 aromatic rings. The number of morpholine rings is 1. The monoisotopic (exact) mass is 329 g/mol. The van der Waals surface area contributed by atoms with Crippen molar-refractivity contribution in [1.82, 2.24) is 15.0 Å². The van der Waals surface area contributed by atoms with Gasteiger partial charge in [0, 0.05) is 19.9 Å². The minimum Gasteiger partial charge on any atom is -0.366 e. The number of hydrogen-bond donors (Lipinski definition) is 0. The van der Waals surface area contributed by atoms with Gasteiger partial charge in [-0.1, -0.05) is 36.3 Å². The van der Waals surface area contributed by atoms with E-state index in [1.54, 1.807) is 6.92 Å². The molecule has 0 radical (unpaired) electrons. The lowest BCUT2D eigenvalue weighted by atomic mass is 10.1. The van der Waals surface area contributed by atoms with E-state index in [0.717, 1.165) is 12.8 Å². The Labute approximate surface area is 141 Å². The number of aryl methyl sites for hydroxylation is 3. The molecule has 1 aliphatic rings. The second-order valence-corrected chi connectivity index (χ2v) is 6.04. The predicted molar refractivity (Wildman–Crippen MR) is 88.4 cm³/mol. The van der Waals surface area contributed by atoms with Gasteiger partial charge < -0.3 is 14.2 Å². The van der Waals surface area contributed by atoms with Crippen molar-refractivity contribution in [1.29, 1.82) is 0 Å². The molecule has 6 heteroatoms. The van der Waals surface area contributed by atoms with Crippen molar-refractivity contribution >= 4 is 5.91 Å². The smallest absolute Gasteiger partial charge is 0.223 e. The second kappa shape index (κ2) is 7.57. The molecule has 3 rings (SSSR count). The highest BCUT2D eigenvalue weighted by Crippen LogP contribution is 2.20. The minimum absolute atomic E-state index is 0.142. The molecule has 0 unspecified atom stereocenters. The van der Waals surface area contributed by atoms with E-state index in [2.05, 4.69) is 41.3 Å². The average molecular weight is 329 g/mol. The number of carbonyl (C=O) groups is 1. The first-order valence-electron chi connectivity index (χ1n) is 8.43. The van der Waals surface area contributed by atoms with E-state index in [4.69, 9.17) is 9.26 Å². The molecule has 128 valence electrons. The van der Waals surface area contributed by atoms with Crippen LogP contribution in [0.3, 0.4) is 0 Å². The first kappa shape index (κ1) is 16.6. The third-order valence-corrected chi connectivity index (χ3v) is 4.31. The predicted octanol–water partition coefficient (Wildman–Crippen LogP) is 2.47. The molecule has 0 saturated carbocycles. The highest BCUT2D eigenvalue weighted by Gasteiger charge is 2.28. The minimum atomic E-state index is -0.302. The van der Waals surface area contributed by atoms with Gasteiger partial charge in [0.25, 0.3) is 0 Å². The van der Waals surface area contributed by atoms with Crippen molar-refractivity contribution in [3.63, 3.8) is 0 Å². The van der Waals surface area contributed by atoms with Gasteiger partial charge in [-0.2, -0.15) is 4.98 Å². The summed E-state index contributed by atoms with van der Waals surface area (Å²) in [7, 11) is 0. The van der Waals surface area contributed by atoms with Crippen LogP contribution in [0.25, 0.3) is 0 Å². The van der Waals surface area contributed by atoms with Crippen molar-refractivity contribution in [2.24, 2.45) is 0 Å². The lowest BCUT2D eigenvalue weighted by molar-refractivity contribution is -0.139. The van der Waals surface area contributed by atoms with Gasteiger partial charge in [0.1, 0.15) is 6.10 Å². The molecule has 0 spiro atoms. The fourth-order valence-corrected chi connectivity index (χ4v) is 2.83. The summed E-state index contributed by atoms with van der Waals surface area (Å²) in [5.74, 6) is 1.16. The third kappa shape index (κ3) is 4.00. The zero-order valence-corrected chi connectivity index (χ0v) is 14.2. The quantitative estimate of drug-likeness (QED) is 0.843. The maximum Gasteiger partial charge on any atom is 0.223 e. The summed E-state index contributed by atoms with van der Waals surface area (Å²) in [4.78, 5) is 18.5. The Balaban J connectivity index is 1.54. The van der Waals surface area contributed by atoms with Crippen LogP contribution in [-0.2, 0) is 22.4 Å². The Hall–Kier alpha value is -2.21. The average Bonchev–Trinajstić information content (AvgIpc) is 3.06. The van der Waals surface area contributed by atoms with E-state index < -0.39 is 0 Å². The number of aromatic nitrogens is 2. The molecule has 1 aromatic heterocycles. The summed E-state index contributed by atoms with van der Waals surface area (Å²) >= 11 is 0. The summed E-state index contributed by atoms with van der Waals surface area (Å²) < 4.78 is 10.7. The zero-order chi connectivity index (χ0) is 16.9. The fraction of sp³-hybridized carbons (Fsp3) is 0.500. The van der Waals surface area contributed by atoms with E-state index in [0.29, 0.717) is 37.8 Å². The van der Waals surface area contributed by atoms with Crippen LogP contribution in [0.15, 0.2) is 28.8 Å². The highest BCUT2D eigenvalue weighted by atomic mass is 16.5. The van der Waals surface area contributed by atoms with E-state index in [1.165, 1.54) is 11.1 Å². The van der Waals surface area contributed by atoms with Gasteiger partial charge in [-0.15, -0.1) is 0 Å². The SMILES string of the molecule is CCc1ccc(CCC(=O)N2CCO[C@@H](c3noc(C)n3)C2)cc1. The summed E-state index contributed by atoms with van der Waals surface area (Å²) in [6.07, 6.45) is 1.99. The first-order chi connectivity index (χ1) is 11.7. The standard InChI is InChI=1S/C18H23N3O3/c1-3-14-4-6-15(7-5-14)8-9-17(22)21-10-11-23-16(12-21)18-19-13(2)24-20-18/h4-7,16H,3,8-12H2,1-2H3/t16-/m1/s1. The number of hydrogen-bond acceptors (Lipinski definition) is 5. The number of nitrogens with zero attached hydrogens (tertiary/aromatic N) is 3. The van der Waals surface area contributed by atoms with Crippen LogP contribution >= 0.6 is 0 Å². The molecule has 0 bridgehead atoms. The fourth-order valence-electron chi connectivity index (χ4n) is 2.83. The Bertz CT molecular complexity index is 681. The van der Waals surface area contributed by atoms with Crippen molar-refractivity contribution in [3.05, 3.63) is 47.1 Å². The van der Waals surface area contributed by atoms with E-state index in [1.807, 2.05) is 4.90 Å². The van der Waals surface area contributed by atoms with E-state index in [-0.39, 0.29) is 12.0 Å². The molecule has 1 fully saturated rings. The van der Waals surface area contributed by atoms with Crippen molar-refractivity contribution in [2.45, 2.75) is 39.2 Å². The summed E-state index contributed by atoms with van der Waals surface area (Å²) in [6, 6.07) is 8.47. The van der Waals surface area contributed by atoms with Crippen LogP contribution in [0.1, 0.15) is 42.3 Å². The molecule has 24 heavy (non-hydrogen) atoms. The molecule has 1 aliphatic heterocycles. The Morgan fingerprint density at radius 2 is 2.04 bits per heavy atom.